The monoisotopic (exact) mass is 851 g/mol. The summed E-state index contributed by atoms with van der Waals surface area (Å²) in [5, 5.41) is 4.72. The maximum absolute atomic E-state index is 6.42. The molecule has 2 heteroatoms. The Balaban J connectivity index is 0.924. The topological polar surface area (TPSA) is 16.4 Å². The second kappa shape index (κ2) is 14.7. The lowest BCUT2D eigenvalue weighted by molar-refractivity contribution is 0.669. The molecule has 0 N–H and O–H groups in total. The van der Waals surface area contributed by atoms with Crippen LogP contribution in [0.4, 0.5) is 17.1 Å². The highest BCUT2D eigenvalue weighted by atomic mass is 16.3. The van der Waals surface area contributed by atoms with Gasteiger partial charge in [0.1, 0.15) is 11.2 Å². The number of nitrogens with zero attached hydrogens (tertiary/aromatic N) is 1. The van der Waals surface area contributed by atoms with Gasteiger partial charge in [-0.15, -0.1) is 0 Å². The summed E-state index contributed by atoms with van der Waals surface area (Å²) in [5.74, 6) is 0. The van der Waals surface area contributed by atoms with Crippen LogP contribution >= 0.6 is 0 Å². The first kappa shape index (κ1) is 37.6. The van der Waals surface area contributed by atoms with Gasteiger partial charge in [0, 0.05) is 27.7 Å². The van der Waals surface area contributed by atoms with Crippen LogP contribution in [0.15, 0.2) is 253 Å². The van der Waals surface area contributed by atoms with Gasteiger partial charge in [-0.25, -0.2) is 0 Å². The van der Waals surface area contributed by atoms with Crippen molar-refractivity contribution in [1.82, 2.24) is 0 Å². The van der Waals surface area contributed by atoms with Crippen molar-refractivity contribution >= 4 is 49.8 Å². The van der Waals surface area contributed by atoms with E-state index in [2.05, 4.69) is 248 Å². The zero-order valence-corrected chi connectivity index (χ0v) is 36.5. The van der Waals surface area contributed by atoms with E-state index in [9.17, 15) is 0 Å². The predicted octanol–water partition coefficient (Wildman–Crippen LogP) is 17.6. The zero-order valence-electron chi connectivity index (χ0n) is 36.5. The molecule has 11 aromatic carbocycles. The van der Waals surface area contributed by atoms with E-state index in [1.54, 1.807) is 0 Å². The van der Waals surface area contributed by atoms with Gasteiger partial charge in [0.2, 0.25) is 0 Å². The van der Waals surface area contributed by atoms with Gasteiger partial charge < -0.3 is 9.32 Å². The van der Waals surface area contributed by atoms with Crippen molar-refractivity contribution in [2.45, 2.75) is 5.41 Å². The van der Waals surface area contributed by atoms with Crippen molar-refractivity contribution in [3.8, 4) is 55.6 Å². The molecular formula is C65H41NO. The molecule has 67 heavy (non-hydrogen) atoms. The SMILES string of the molecule is c1ccc(N(c2ccc(-c3ccc4c(c3)C3(c5ccccc5-c5ccccc53)c3ccccc3-4)cc2)c2ccc(-c3cccc4ccccc34)cc2)c(-c2cccc3oc4ccccc4c23)c1. The molecule has 1 aromatic heterocycles. The van der Waals surface area contributed by atoms with Gasteiger partial charge in [-0.2, -0.15) is 0 Å². The Morgan fingerprint density at radius 3 is 1.48 bits per heavy atom. The smallest absolute Gasteiger partial charge is 0.136 e. The van der Waals surface area contributed by atoms with Gasteiger partial charge in [-0.05, 0) is 132 Å². The molecule has 0 atom stereocenters. The minimum atomic E-state index is -0.392. The molecule has 1 heterocycles. The van der Waals surface area contributed by atoms with Gasteiger partial charge in [0.25, 0.3) is 0 Å². The van der Waals surface area contributed by atoms with E-state index in [1.807, 2.05) is 6.07 Å². The predicted molar refractivity (Wildman–Crippen MR) is 279 cm³/mol. The number of hydrogen-bond acceptors (Lipinski definition) is 2. The fraction of sp³-hybridized carbons (Fsp3) is 0.0154. The van der Waals surface area contributed by atoms with Gasteiger partial charge >= 0.3 is 0 Å². The number of para-hydroxylation sites is 2. The van der Waals surface area contributed by atoms with E-state index >= 15 is 0 Å². The highest BCUT2D eigenvalue weighted by Gasteiger charge is 2.51. The number of anilines is 3. The minimum Gasteiger partial charge on any atom is -0.456 e. The zero-order chi connectivity index (χ0) is 44.1. The molecule has 0 amide bonds. The van der Waals surface area contributed by atoms with Crippen molar-refractivity contribution < 1.29 is 4.42 Å². The first-order chi connectivity index (χ1) is 33.2. The van der Waals surface area contributed by atoms with Crippen LogP contribution in [0, 0.1) is 0 Å². The number of benzene rings is 11. The Kier molecular flexibility index (Phi) is 8.23. The fourth-order valence-corrected chi connectivity index (χ4v) is 11.7. The molecule has 0 bridgehead atoms. The fourth-order valence-electron chi connectivity index (χ4n) is 11.7. The van der Waals surface area contributed by atoms with Gasteiger partial charge in [-0.1, -0.05) is 200 Å². The summed E-state index contributed by atoms with van der Waals surface area (Å²) in [6.07, 6.45) is 0. The molecule has 14 rings (SSSR count). The van der Waals surface area contributed by atoms with Crippen LogP contribution in [-0.4, -0.2) is 0 Å². The van der Waals surface area contributed by atoms with E-state index in [1.165, 1.54) is 77.5 Å². The Hall–Kier alpha value is -8.72. The third kappa shape index (κ3) is 5.51. The maximum atomic E-state index is 6.42. The van der Waals surface area contributed by atoms with Crippen LogP contribution in [-0.2, 0) is 5.41 Å². The van der Waals surface area contributed by atoms with Crippen molar-refractivity contribution in [2.75, 3.05) is 4.90 Å². The van der Waals surface area contributed by atoms with Crippen LogP contribution in [0.2, 0.25) is 0 Å². The van der Waals surface area contributed by atoms with Crippen molar-refractivity contribution in [3.63, 3.8) is 0 Å². The largest absolute Gasteiger partial charge is 0.456 e. The van der Waals surface area contributed by atoms with Crippen LogP contribution in [0.1, 0.15) is 22.3 Å². The molecule has 12 aromatic rings. The molecule has 1 spiro atoms. The number of furan rings is 1. The second-order valence-corrected chi connectivity index (χ2v) is 17.9. The summed E-state index contributed by atoms with van der Waals surface area (Å²) >= 11 is 0. The number of hydrogen-bond donors (Lipinski definition) is 0. The van der Waals surface area contributed by atoms with Crippen molar-refractivity contribution in [3.05, 3.63) is 271 Å². The van der Waals surface area contributed by atoms with E-state index < -0.39 is 5.41 Å². The molecule has 2 aliphatic carbocycles. The quantitative estimate of drug-likeness (QED) is 0.166. The molecule has 312 valence electrons. The minimum absolute atomic E-state index is 0.392. The summed E-state index contributed by atoms with van der Waals surface area (Å²) < 4.78 is 6.42. The molecule has 2 aliphatic rings. The van der Waals surface area contributed by atoms with E-state index in [0.29, 0.717) is 0 Å². The summed E-state index contributed by atoms with van der Waals surface area (Å²) in [5.41, 5.74) is 22.3. The average Bonchev–Trinajstić information content (AvgIpc) is 4.03. The van der Waals surface area contributed by atoms with Crippen LogP contribution in [0.25, 0.3) is 88.3 Å². The molecule has 2 nitrogen and oxygen atoms in total. The molecule has 0 unspecified atom stereocenters. The van der Waals surface area contributed by atoms with E-state index in [4.69, 9.17) is 4.42 Å². The summed E-state index contributed by atoms with van der Waals surface area (Å²) in [6, 6.07) is 91.2. The van der Waals surface area contributed by atoms with E-state index in [-0.39, 0.29) is 0 Å². The normalized spacial score (nSPS) is 12.9. The standard InChI is InChI=1S/C65H41NO/c1-2-17-48-43(15-1)16-13-23-49(48)44-33-38-47(39-34-44)66(61-28-11-6-21-54(61)55-24-14-30-63-64(55)56-22-7-12-29-62(56)67-63)46-36-31-42(32-37-46)45-35-40-53-52-20-5-10-27-59(52)65(60(53)41-45)57-25-8-3-18-50(57)51-19-4-9-26-58(51)65/h1-41H. The molecule has 0 radical (unpaired) electrons. The lowest BCUT2D eigenvalue weighted by Gasteiger charge is -2.30. The molecule has 0 aliphatic heterocycles. The lowest BCUT2D eigenvalue weighted by atomic mass is 9.70. The summed E-state index contributed by atoms with van der Waals surface area (Å²) in [4.78, 5) is 2.41. The highest BCUT2D eigenvalue weighted by molar-refractivity contribution is 6.14. The first-order valence-electron chi connectivity index (χ1n) is 23.2. The van der Waals surface area contributed by atoms with Crippen LogP contribution < -0.4 is 4.90 Å². The third-order valence-corrected chi connectivity index (χ3v) is 14.5. The Bertz CT molecular complexity index is 3860. The van der Waals surface area contributed by atoms with Crippen molar-refractivity contribution in [2.24, 2.45) is 0 Å². The molecular weight excluding hydrogens is 811 g/mol. The first-order valence-corrected chi connectivity index (χ1v) is 23.2. The Labute approximate surface area is 389 Å². The second-order valence-electron chi connectivity index (χ2n) is 17.9. The lowest BCUT2D eigenvalue weighted by Crippen LogP contribution is -2.25. The molecule has 0 fully saturated rings. The maximum Gasteiger partial charge on any atom is 0.136 e. The highest BCUT2D eigenvalue weighted by Crippen LogP contribution is 2.63. The Morgan fingerprint density at radius 2 is 0.776 bits per heavy atom. The van der Waals surface area contributed by atoms with E-state index in [0.717, 1.165) is 50.1 Å². The van der Waals surface area contributed by atoms with Crippen LogP contribution in [0.5, 0.6) is 0 Å². The molecule has 0 saturated carbocycles. The van der Waals surface area contributed by atoms with Gasteiger partial charge in [-0.3, -0.25) is 0 Å². The third-order valence-electron chi connectivity index (χ3n) is 14.5. The van der Waals surface area contributed by atoms with Gasteiger partial charge in [0.05, 0.1) is 11.1 Å². The summed E-state index contributed by atoms with van der Waals surface area (Å²) in [6.45, 7) is 0. The van der Waals surface area contributed by atoms with Crippen LogP contribution in [0.3, 0.4) is 0 Å². The molecule has 0 saturated heterocycles. The van der Waals surface area contributed by atoms with Crippen molar-refractivity contribution in [1.29, 1.82) is 0 Å². The number of fused-ring (bicyclic) bond motifs is 14. The summed E-state index contributed by atoms with van der Waals surface area (Å²) in [7, 11) is 0. The van der Waals surface area contributed by atoms with Gasteiger partial charge in [0.15, 0.2) is 0 Å². The Morgan fingerprint density at radius 1 is 0.299 bits per heavy atom. The average molecular weight is 852 g/mol. The number of rotatable bonds is 6.